The quantitative estimate of drug-likeness (QED) is 0.725. The van der Waals surface area contributed by atoms with Crippen molar-refractivity contribution >= 4 is 6.08 Å². The van der Waals surface area contributed by atoms with Crippen LogP contribution in [0, 0.1) is 0 Å². The molecule has 0 saturated heterocycles. The van der Waals surface area contributed by atoms with Gasteiger partial charge in [-0.1, -0.05) is 91.0 Å². The number of hydrogen-bond acceptors (Lipinski definition) is 2. The molecule has 0 amide bonds. The molecule has 3 rings (SSSR count). The molecule has 24 heavy (non-hydrogen) atoms. The highest BCUT2D eigenvalue weighted by Gasteiger charge is 2.22. The first-order valence-electron chi connectivity index (χ1n) is 7.98. The monoisotopic (exact) mass is 316 g/mol. The summed E-state index contributed by atoms with van der Waals surface area (Å²) in [5.41, 5.74) is 3.01. The zero-order valence-corrected chi connectivity index (χ0v) is 13.3. The molecule has 2 nitrogen and oxygen atoms in total. The van der Waals surface area contributed by atoms with Crippen molar-refractivity contribution in [2.75, 3.05) is 0 Å². The molecule has 0 fully saturated rings. The molecule has 3 aromatic carbocycles. The molecule has 0 spiro atoms. The standard InChI is InChI=1S/C22H20O2/c23-21(18-12-6-2-7-13-18)20(16-17-10-4-1-5-11-17)22(24)19-14-8-3-9-15-19/h1-16,21-24H. The molecule has 2 unspecified atom stereocenters. The molecule has 0 bridgehead atoms. The molecule has 120 valence electrons. The fourth-order valence-corrected chi connectivity index (χ4v) is 2.70. The minimum absolute atomic E-state index is 0.554. The maximum atomic E-state index is 10.8. The third kappa shape index (κ3) is 3.80. The normalized spacial score (nSPS) is 13.1. The Morgan fingerprint density at radius 3 is 1.38 bits per heavy atom. The third-order valence-corrected chi connectivity index (χ3v) is 4.00. The average Bonchev–Trinajstić information content (AvgIpc) is 2.67. The van der Waals surface area contributed by atoms with E-state index < -0.39 is 12.2 Å². The van der Waals surface area contributed by atoms with E-state index in [0.717, 1.165) is 16.7 Å². The van der Waals surface area contributed by atoms with Gasteiger partial charge in [-0.3, -0.25) is 0 Å². The Labute approximate surface area is 142 Å². The largest absolute Gasteiger partial charge is 0.384 e. The smallest absolute Gasteiger partial charge is 0.103 e. The van der Waals surface area contributed by atoms with E-state index in [9.17, 15) is 10.2 Å². The fraction of sp³-hybridized carbons (Fsp3) is 0.0909. The van der Waals surface area contributed by atoms with Gasteiger partial charge in [-0.05, 0) is 28.3 Å². The lowest BCUT2D eigenvalue weighted by Crippen LogP contribution is -2.10. The van der Waals surface area contributed by atoms with Crippen LogP contribution < -0.4 is 0 Å². The molecule has 2 heteroatoms. The van der Waals surface area contributed by atoms with E-state index in [1.165, 1.54) is 0 Å². The maximum absolute atomic E-state index is 10.8. The average molecular weight is 316 g/mol. The second-order valence-electron chi connectivity index (χ2n) is 5.68. The summed E-state index contributed by atoms with van der Waals surface area (Å²) in [4.78, 5) is 0. The lowest BCUT2D eigenvalue weighted by Gasteiger charge is -2.21. The van der Waals surface area contributed by atoms with Gasteiger partial charge >= 0.3 is 0 Å². The first-order valence-corrected chi connectivity index (χ1v) is 7.98. The Morgan fingerprint density at radius 1 is 0.583 bits per heavy atom. The van der Waals surface area contributed by atoms with E-state index in [1.54, 1.807) is 0 Å². The van der Waals surface area contributed by atoms with Crippen LogP contribution in [0.2, 0.25) is 0 Å². The molecule has 0 radical (unpaired) electrons. The maximum Gasteiger partial charge on any atom is 0.103 e. The van der Waals surface area contributed by atoms with E-state index in [2.05, 4.69) is 0 Å². The van der Waals surface area contributed by atoms with Gasteiger partial charge in [0, 0.05) is 0 Å². The topological polar surface area (TPSA) is 40.5 Å². The van der Waals surface area contributed by atoms with Crippen LogP contribution in [0.15, 0.2) is 96.6 Å². The molecule has 2 atom stereocenters. The number of benzene rings is 3. The highest BCUT2D eigenvalue weighted by molar-refractivity contribution is 5.56. The van der Waals surface area contributed by atoms with Crippen molar-refractivity contribution in [3.05, 3.63) is 113 Å². The van der Waals surface area contributed by atoms with Crippen molar-refractivity contribution in [2.24, 2.45) is 0 Å². The van der Waals surface area contributed by atoms with Gasteiger partial charge in [0.05, 0.1) is 0 Å². The summed E-state index contributed by atoms with van der Waals surface area (Å²) < 4.78 is 0. The molecule has 3 aromatic rings. The zero-order chi connectivity index (χ0) is 16.8. The van der Waals surface area contributed by atoms with Crippen molar-refractivity contribution in [3.8, 4) is 0 Å². The molecular weight excluding hydrogens is 296 g/mol. The minimum Gasteiger partial charge on any atom is -0.384 e. The van der Waals surface area contributed by atoms with Gasteiger partial charge in [0.2, 0.25) is 0 Å². The van der Waals surface area contributed by atoms with Crippen molar-refractivity contribution in [1.29, 1.82) is 0 Å². The number of rotatable bonds is 5. The number of aliphatic hydroxyl groups is 2. The molecular formula is C22H20O2. The van der Waals surface area contributed by atoms with Gasteiger partial charge < -0.3 is 10.2 Å². The van der Waals surface area contributed by atoms with E-state index in [1.807, 2.05) is 97.1 Å². The van der Waals surface area contributed by atoms with Crippen molar-refractivity contribution < 1.29 is 10.2 Å². The molecule has 0 aromatic heterocycles. The predicted octanol–water partition coefficient (Wildman–Crippen LogP) is 4.54. The molecule has 0 aliphatic rings. The summed E-state index contributed by atoms with van der Waals surface area (Å²) in [6.45, 7) is 0. The lowest BCUT2D eigenvalue weighted by molar-refractivity contribution is 0.147. The summed E-state index contributed by atoms with van der Waals surface area (Å²) in [6, 6.07) is 28.5. The summed E-state index contributed by atoms with van der Waals surface area (Å²) in [7, 11) is 0. The summed E-state index contributed by atoms with van der Waals surface area (Å²) in [5, 5.41) is 21.7. The van der Waals surface area contributed by atoms with E-state index in [-0.39, 0.29) is 0 Å². The van der Waals surface area contributed by atoms with Crippen LogP contribution in [0.1, 0.15) is 28.9 Å². The molecule has 0 heterocycles. The zero-order valence-electron chi connectivity index (χ0n) is 13.3. The molecule has 0 aliphatic heterocycles. The minimum atomic E-state index is -0.874. The van der Waals surface area contributed by atoms with Gasteiger partial charge in [0.25, 0.3) is 0 Å². The number of aliphatic hydroxyl groups excluding tert-OH is 2. The van der Waals surface area contributed by atoms with Crippen LogP contribution in [-0.4, -0.2) is 10.2 Å². The highest BCUT2D eigenvalue weighted by atomic mass is 16.3. The Balaban J connectivity index is 2.02. The molecule has 2 N–H and O–H groups in total. The van der Waals surface area contributed by atoms with Crippen molar-refractivity contribution in [3.63, 3.8) is 0 Å². The van der Waals surface area contributed by atoms with Crippen LogP contribution >= 0.6 is 0 Å². The van der Waals surface area contributed by atoms with Gasteiger partial charge in [-0.15, -0.1) is 0 Å². The first-order chi connectivity index (χ1) is 11.8. The summed E-state index contributed by atoms with van der Waals surface area (Å²) in [6.07, 6.45) is 0.109. The number of hydrogen-bond donors (Lipinski definition) is 2. The van der Waals surface area contributed by atoms with Crippen LogP contribution in [0.4, 0.5) is 0 Å². The van der Waals surface area contributed by atoms with Crippen LogP contribution in [0.25, 0.3) is 6.08 Å². The fourth-order valence-electron chi connectivity index (χ4n) is 2.70. The highest BCUT2D eigenvalue weighted by Crippen LogP contribution is 2.33. The first kappa shape index (κ1) is 16.2. The summed E-state index contributed by atoms with van der Waals surface area (Å²) >= 11 is 0. The van der Waals surface area contributed by atoms with Gasteiger partial charge in [0.15, 0.2) is 0 Å². The lowest BCUT2D eigenvalue weighted by atomic mass is 9.91. The SMILES string of the molecule is OC(C(=Cc1ccccc1)C(O)c1ccccc1)c1ccccc1. The molecule has 0 saturated carbocycles. The second-order valence-corrected chi connectivity index (χ2v) is 5.68. The second kappa shape index (κ2) is 7.73. The van der Waals surface area contributed by atoms with E-state index in [4.69, 9.17) is 0 Å². The van der Waals surface area contributed by atoms with Crippen molar-refractivity contribution in [1.82, 2.24) is 0 Å². The van der Waals surface area contributed by atoms with Gasteiger partial charge in [-0.2, -0.15) is 0 Å². The van der Waals surface area contributed by atoms with Gasteiger partial charge in [0.1, 0.15) is 12.2 Å². The Bertz CT molecular complexity index is 732. The van der Waals surface area contributed by atoms with Crippen LogP contribution in [0.5, 0.6) is 0 Å². The third-order valence-electron chi connectivity index (χ3n) is 4.00. The predicted molar refractivity (Wildman–Crippen MR) is 97.2 cm³/mol. The van der Waals surface area contributed by atoms with Crippen LogP contribution in [-0.2, 0) is 0 Å². The van der Waals surface area contributed by atoms with E-state index >= 15 is 0 Å². The Hall–Kier alpha value is -2.68. The Morgan fingerprint density at radius 2 is 0.958 bits per heavy atom. The Kier molecular flexibility index (Phi) is 5.22. The van der Waals surface area contributed by atoms with Crippen LogP contribution in [0.3, 0.4) is 0 Å². The molecule has 0 aliphatic carbocycles. The van der Waals surface area contributed by atoms with E-state index in [0.29, 0.717) is 5.57 Å². The summed E-state index contributed by atoms with van der Waals surface area (Å²) in [5.74, 6) is 0. The van der Waals surface area contributed by atoms with Crippen molar-refractivity contribution in [2.45, 2.75) is 12.2 Å². The van der Waals surface area contributed by atoms with Gasteiger partial charge in [-0.25, -0.2) is 0 Å².